The lowest BCUT2D eigenvalue weighted by Crippen LogP contribution is -3.10. The molecule has 7 heteroatoms. The number of thiophene rings is 1. The Morgan fingerprint density at radius 3 is 2.66 bits per heavy atom. The van der Waals surface area contributed by atoms with Gasteiger partial charge < -0.3 is 9.64 Å². The van der Waals surface area contributed by atoms with Crippen LogP contribution in [0.4, 0.5) is 5.82 Å². The van der Waals surface area contributed by atoms with Crippen LogP contribution in [-0.4, -0.2) is 35.9 Å². The minimum absolute atomic E-state index is 0.748. The summed E-state index contributed by atoms with van der Waals surface area (Å²) in [7, 11) is 1.73. The van der Waals surface area contributed by atoms with Gasteiger partial charge in [0.2, 0.25) is 0 Å². The lowest BCUT2D eigenvalue weighted by Gasteiger charge is -2.18. The molecule has 0 unspecified atom stereocenters. The van der Waals surface area contributed by atoms with Gasteiger partial charge in [-0.05, 0) is 63.9 Å². The molecular formula is C22H30N5OS+. The van der Waals surface area contributed by atoms with Crippen LogP contribution in [0.25, 0.3) is 10.2 Å². The molecule has 6 nitrogen and oxygen atoms in total. The summed E-state index contributed by atoms with van der Waals surface area (Å²) in [6.07, 6.45) is 1.59. The maximum absolute atomic E-state index is 5.58. The van der Waals surface area contributed by atoms with Gasteiger partial charge in [-0.3, -0.25) is 5.43 Å². The molecule has 0 spiro atoms. The average molecular weight is 413 g/mol. The fourth-order valence-electron chi connectivity index (χ4n) is 3.38. The minimum atomic E-state index is 0.748. The Bertz CT molecular complexity index is 1020. The van der Waals surface area contributed by atoms with Gasteiger partial charge >= 0.3 is 0 Å². The van der Waals surface area contributed by atoms with Crippen molar-refractivity contribution in [3.8, 4) is 5.75 Å². The van der Waals surface area contributed by atoms with Crippen molar-refractivity contribution in [2.45, 2.75) is 41.2 Å². The summed E-state index contributed by atoms with van der Waals surface area (Å²) in [5, 5.41) is 5.66. The number of fused-ring (bicyclic) bond motifs is 1. The number of hydrogen-bond acceptors (Lipinski definition) is 6. The van der Waals surface area contributed by atoms with E-state index < -0.39 is 0 Å². The van der Waals surface area contributed by atoms with Crippen molar-refractivity contribution in [2.75, 3.05) is 25.6 Å². The fraction of sp³-hybridized carbons (Fsp3) is 0.409. The number of hydrazone groups is 1. The number of nitrogens with one attached hydrogen (secondary N) is 2. The molecule has 2 aromatic heterocycles. The summed E-state index contributed by atoms with van der Waals surface area (Å²) in [5.74, 6) is 1.67. The van der Waals surface area contributed by atoms with E-state index in [0.717, 1.165) is 52.7 Å². The highest BCUT2D eigenvalue weighted by Crippen LogP contribution is 2.32. The van der Waals surface area contributed by atoms with Crippen molar-refractivity contribution in [1.82, 2.24) is 9.97 Å². The van der Waals surface area contributed by atoms with Crippen LogP contribution in [0.5, 0.6) is 5.75 Å². The highest BCUT2D eigenvalue weighted by molar-refractivity contribution is 7.18. The van der Waals surface area contributed by atoms with Crippen molar-refractivity contribution < 1.29 is 9.64 Å². The normalized spacial score (nSPS) is 12.0. The van der Waals surface area contributed by atoms with Crippen LogP contribution in [0, 0.1) is 13.8 Å². The Morgan fingerprint density at radius 2 is 1.97 bits per heavy atom. The summed E-state index contributed by atoms with van der Waals surface area (Å²) in [4.78, 5) is 12.5. The van der Waals surface area contributed by atoms with E-state index in [1.807, 2.05) is 13.0 Å². The standard InChI is InChI=1S/C22H29N5OS/c1-7-27(8-2)12-18-11-17(9-10-19(18)28-6)15(4)25-26-21-20-14(3)16(5)29-22(20)24-13-23-21/h9-11,13H,7-8,12H2,1-6H3,(H,23,24,26)/p+1/b25-15-. The first-order valence-corrected chi connectivity index (χ1v) is 10.8. The van der Waals surface area contributed by atoms with Crippen LogP contribution in [0.15, 0.2) is 29.6 Å². The Hall–Kier alpha value is -2.51. The monoisotopic (exact) mass is 412 g/mol. The van der Waals surface area contributed by atoms with E-state index in [-0.39, 0.29) is 0 Å². The predicted molar refractivity (Wildman–Crippen MR) is 121 cm³/mol. The molecule has 0 saturated heterocycles. The van der Waals surface area contributed by atoms with Crippen LogP contribution >= 0.6 is 11.3 Å². The molecule has 0 amide bonds. The minimum Gasteiger partial charge on any atom is -0.496 e. The Balaban J connectivity index is 1.88. The van der Waals surface area contributed by atoms with E-state index in [1.54, 1.807) is 24.8 Å². The number of aryl methyl sites for hydroxylation is 2. The van der Waals surface area contributed by atoms with Crippen LogP contribution in [0.2, 0.25) is 0 Å². The number of ether oxygens (including phenoxy) is 1. The largest absolute Gasteiger partial charge is 0.496 e. The smallest absolute Gasteiger partial charge is 0.158 e. The molecule has 2 heterocycles. The first-order valence-electron chi connectivity index (χ1n) is 10.00. The maximum Gasteiger partial charge on any atom is 0.158 e. The van der Waals surface area contributed by atoms with Gasteiger partial charge in [-0.2, -0.15) is 5.10 Å². The number of hydrogen-bond donors (Lipinski definition) is 2. The first kappa shape index (κ1) is 21.2. The third-order valence-electron chi connectivity index (χ3n) is 5.43. The van der Waals surface area contributed by atoms with Crippen molar-refractivity contribution in [3.63, 3.8) is 0 Å². The SMILES string of the molecule is CC[NH+](CC)Cc1cc(/C(C)=N\Nc2ncnc3sc(C)c(C)c23)ccc1OC. The summed E-state index contributed by atoms with van der Waals surface area (Å²) in [5.41, 5.74) is 7.54. The first-order chi connectivity index (χ1) is 14.0. The van der Waals surface area contributed by atoms with Gasteiger partial charge in [0.25, 0.3) is 0 Å². The quantitative estimate of drug-likeness (QED) is 0.438. The molecule has 0 aliphatic carbocycles. The molecule has 0 aliphatic heterocycles. The molecule has 2 N–H and O–H groups in total. The third kappa shape index (κ3) is 4.57. The van der Waals surface area contributed by atoms with E-state index >= 15 is 0 Å². The average Bonchev–Trinajstić information content (AvgIpc) is 3.04. The molecular weight excluding hydrogens is 382 g/mol. The van der Waals surface area contributed by atoms with E-state index in [9.17, 15) is 0 Å². The van der Waals surface area contributed by atoms with Crippen molar-refractivity contribution in [2.24, 2.45) is 5.10 Å². The van der Waals surface area contributed by atoms with Crippen molar-refractivity contribution in [3.05, 3.63) is 46.1 Å². The van der Waals surface area contributed by atoms with E-state index in [0.29, 0.717) is 0 Å². The number of methoxy groups -OCH3 is 1. The van der Waals surface area contributed by atoms with Gasteiger partial charge in [0, 0.05) is 10.4 Å². The van der Waals surface area contributed by atoms with Gasteiger partial charge in [-0.25, -0.2) is 9.97 Å². The van der Waals surface area contributed by atoms with Gasteiger partial charge in [0.1, 0.15) is 23.5 Å². The second kappa shape index (κ2) is 9.33. The molecule has 3 rings (SSSR count). The number of nitrogens with zero attached hydrogens (tertiary/aromatic N) is 3. The molecule has 0 radical (unpaired) electrons. The Morgan fingerprint density at radius 1 is 1.21 bits per heavy atom. The molecule has 0 aliphatic rings. The maximum atomic E-state index is 5.58. The third-order valence-corrected chi connectivity index (χ3v) is 6.55. The van der Waals surface area contributed by atoms with Crippen LogP contribution in [0.3, 0.4) is 0 Å². The Labute approximate surface area is 176 Å². The van der Waals surface area contributed by atoms with Crippen LogP contribution in [-0.2, 0) is 6.54 Å². The van der Waals surface area contributed by atoms with Gasteiger partial charge in [-0.1, -0.05) is 0 Å². The molecule has 1 aromatic carbocycles. The zero-order valence-corrected chi connectivity index (χ0v) is 18.9. The predicted octanol–water partition coefficient (Wildman–Crippen LogP) is 3.58. The molecule has 154 valence electrons. The van der Waals surface area contributed by atoms with Crippen LogP contribution in [0.1, 0.15) is 42.3 Å². The summed E-state index contributed by atoms with van der Waals surface area (Å²) < 4.78 is 5.58. The summed E-state index contributed by atoms with van der Waals surface area (Å²) >= 11 is 1.68. The van der Waals surface area contributed by atoms with E-state index in [4.69, 9.17) is 4.74 Å². The van der Waals surface area contributed by atoms with Gasteiger partial charge in [0.05, 0.1) is 31.3 Å². The molecule has 0 saturated carbocycles. The summed E-state index contributed by atoms with van der Waals surface area (Å²) in [6, 6.07) is 6.26. The van der Waals surface area contributed by atoms with Gasteiger partial charge in [0.15, 0.2) is 5.82 Å². The summed E-state index contributed by atoms with van der Waals surface area (Å²) in [6.45, 7) is 13.7. The highest BCUT2D eigenvalue weighted by Gasteiger charge is 2.13. The topological polar surface area (TPSA) is 63.8 Å². The number of aromatic nitrogens is 2. The molecule has 3 aromatic rings. The van der Waals surface area contributed by atoms with Crippen LogP contribution < -0.4 is 15.1 Å². The zero-order valence-electron chi connectivity index (χ0n) is 18.1. The highest BCUT2D eigenvalue weighted by atomic mass is 32.1. The lowest BCUT2D eigenvalue weighted by atomic mass is 10.1. The van der Waals surface area contributed by atoms with E-state index in [2.05, 4.69) is 60.3 Å². The molecule has 0 fully saturated rings. The molecule has 0 atom stereocenters. The molecule has 29 heavy (non-hydrogen) atoms. The number of quaternary nitrogens is 1. The number of anilines is 1. The lowest BCUT2D eigenvalue weighted by molar-refractivity contribution is -0.910. The molecule has 0 bridgehead atoms. The number of rotatable bonds is 8. The van der Waals surface area contributed by atoms with Crippen molar-refractivity contribution in [1.29, 1.82) is 0 Å². The van der Waals surface area contributed by atoms with Crippen molar-refractivity contribution >= 4 is 33.1 Å². The fourth-order valence-corrected chi connectivity index (χ4v) is 4.38. The van der Waals surface area contributed by atoms with E-state index in [1.165, 1.54) is 20.9 Å². The Kier molecular flexibility index (Phi) is 6.82. The number of benzene rings is 1. The second-order valence-electron chi connectivity index (χ2n) is 7.16. The second-order valence-corrected chi connectivity index (χ2v) is 8.36. The van der Waals surface area contributed by atoms with Gasteiger partial charge in [-0.15, -0.1) is 11.3 Å². The zero-order chi connectivity index (χ0) is 21.0.